The molecule has 29 heavy (non-hydrogen) atoms. The topological polar surface area (TPSA) is 101 Å². The van der Waals surface area contributed by atoms with Gasteiger partial charge in [-0.05, 0) is 30.0 Å². The Morgan fingerprint density at radius 3 is 2.59 bits per heavy atom. The van der Waals surface area contributed by atoms with Crippen LogP contribution in [0.2, 0.25) is 0 Å². The average Bonchev–Trinajstić information content (AvgIpc) is 2.67. The molecule has 0 fully saturated rings. The van der Waals surface area contributed by atoms with Crippen molar-refractivity contribution in [3.8, 4) is 11.5 Å². The molecule has 1 amide bonds. The van der Waals surface area contributed by atoms with Gasteiger partial charge in [0.05, 0.1) is 31.9 Å². The van der Waals surface area contributed by atoms with Crippen LogP contribution in [-0.2, 0) is 0 Å². The summed E-state index contributed by atoms with van der Waals surface area (Å²) in [6.07, 6.45) is 3.03. The number of benzene rings is 1. The van der Waals surface area contributed by atoms with Gasteiger partial charge in [-0.2, -0.15) is 0 Å². The monoisotopic (exact) mass is 404 g/mol. The first-order valence-corrected chi connectivity index (χ1v) is 10.0. The van der Waals surface area contributed by atoms with E-state index >= 15 is 0 Å². The van der Waals surface area contributed by atoms with Gasteiger partial charge in [-0.1, -0.05) is 40.5 Å². The molecule has 0 saturated carbocycles. The maximum Gasteiger partial charge on any atom is 0.261 e. The third-order valence-corrected chi connectivity index (χ3v) is 4.93. The van der Waals surface area contributed by atoms with Crippen LogP contribution in [0.25, 0.3) is 10.9 Å². The van der Waals surface area contributed by atoms with Crippen LogP contribution < -0.4 is 20.3 Å². The van der Waals surface area contributed by atoms with Crippen molar-refractivity contribution in [1.29, 1.82) is 0 Å². The van der Waals surface area contributed by atoms with Gasteiger partial charge in [-0.25, -0.2) is 0 Å². The second-order valence-electron chi connectivity index (χ2n) is 8.20. The maximum absolute atomic E-state index is 12.7. The molecule has 0 saturated heterocycles. The second-order valence-corrected chi connectivity index (χ2v) is 8.20. The number of unbranched alkanes of at least 4 members (excludes halogenated alkanes) is 2. The minimum Gasteiger partial charge on any atom is -0.493 e. The molecule has 2 rings (SSSR count). The number of aliphatic hydroxyl groups is 1. The smallest absolute Gasteiger partial charge is 0.261 e. The van der Waals surface area contributed by atoms with E-state index < -0.39 is 17.5 Å². The minimum atomic E-state index is -0.525. The Balaban J connectivity index is 2.40. The van der Waals surface area contributed by atoms with E-state index in [1.165, 1.54) is 0 Å². The highest BCUT2D eigenvalue weighted by Crippen LogP contribution is 2.34. The number of pyridine rings is 1. The van der Waals surface area contributed by atoms with Crippen LogP contribution in [0.1, 0.15) is 57.3 Å². The van der Waals surface area contributed by atoms with Crippen molar-refractivity contribution in [3.63, 3.8) is 0 Å². The Bertz CT molecular complexity index is 898. The molecule has 2 aromatic rings. The maximum atomic E-state index is 12.7. The normalized spacial score (nSPS) is 12.6. The number of H-pyrrole nitrogens is 1. The van der Waals surface area contributed by atoms with Crippen LogP contribution in [0.15, 0.2) is 23.0 Å². The first kappa shape index (κ1) is 22.7. The van der Waals surface area contributed by atoms with E-state index in [-0.39, 0.29) is 17.6 Å². The van der Waals surface area contributed by atoms with Crippen molar-refractivity contribution in [1.82, 2.24) is 10.3 Å². The standard InChI is InChI=1S/C22H32N2O5/c1-6-7-8-11-29-19-16(28-5)10-9-14-12-15(21(27)24-18(14)19)20(26)23-17(13-25)22(2,3)4/h9-10,12,17,25H,6-8,11,13H2,1-5H3,(H,23,26)(H,24,27). The summed E-state index contributed by atoms with van der Waals surface area (Å²) < 4.78 is 11.3. The summed E-state index contributed by atoms with van der Waals surface area (Å²) in [6.45, 7) is 8.14. The van der Waals surface area contributed by atoms with E-state index in [4.69, 9.17) is 9.47 Å². The minimum absolute atomic E-state index is 0.0118. The number of aliphatic hydroxyl groups excluding tert-OH is 1. The highest BCUT2D eigenvalue weighted by Gasteiger charge is 2.27. The number of amides is 1. The largest absolute Gasteiger partial charge is 0.493 e. The van der Waals surface area contributed by atoms with Crippen molar-refractivity contribution in [3.05, 3.63) is 34.1 Å². The van der Waals surface area contributed by atoms with Gasteiger partial charge in [-0.3, -0.25) is 9.59 Å². The predicted molar refractivity (Wildman–Crippen MR) is 114 cm³/mol. The zero-order valence-electron chi connectivity index (χ0n) is 17.9. The molecule has 1 atom stereocenters. The van der Waals surface area contributed by atoms with Crippen molar-refractivity contribution >= 4 is 16.8 Å². The lowest BCUT2D eigenvalue weighted by Crippen LogP contribution is -2.47. The van der Waals surface area contributed by atoms with Crippen LogP contribution >= 0.6 is 0 Å². The Kier molecular flexibility index (Phi) is 7.67. The number of ether oxygens (including phenoxy) is 2. The van der Waals surface area contributed by atoms with Crippen molar-refractivity contribution in [2.75, 3.05) is 20.3 Å². The fourth-order valence-electron chi connectivity index (χ4n) is 3.00. The SMILES string of the molecule is CCCCCOc1c(OC)ccc2cc(C(=O)NC(CO)C(C)(C)C)c(=O)[nH]c12. The molecule has 3 N–H and O–H groups in total. The summed E-state index contributed by atoms with van der Waals surface area (Å²) in [4.78, 5) is 28.1. The van der Waals surface area contributed by atoms with Gasteiger partial charge >= 0.3 is 0 Å². The number of nitrogens with one attached hydrogen (secondary N) is 2. The van der Waals surface area contributed by atoms with Gasteiger partial charge in [0, 0.05) is 5.39 Å². The average molecular weight is 405 g/mol. The number of fused-ring (bicyclic) bond motifs is 1. The molecule has 7 heteroatoms. The fourth-order valence-corrected chi connectivity index (χ4v) is 3.00. The lowest BCUT2D eigenvalue weighted by atomic mass is 9.87. The molecular formula is C22H32N2O5. The third-order valence-electron chi connectivity index (χ3n) is 4.93. The van der Waals surface area contributed by atoms with Crippen LogP contribution in [0.3, 0.4) is 0 Å². The number of carbonyl (C=O) groups excluding carboxylic acids is 1. The van der Waals surface area contributed by atoms with Crippen LogP contribution in [0.5, 0.6) is 11.5 Å². The summed E-state index contributed by atoms with van der Waals surface area (Å²) >= 11 is 0. The number of methoxy groups -OCH3 is 1. The van der Waals surface area contributed by atoms with Gasteiger partial charge in [0.25, 0.3) is 11.5 Å². The van der Waals surface area contributed by atoms with Gasteiger partial charge in [0.2, 0.25) is 0 Å². The summed E-state index contributed by atoms with van der Waals surface area (Å²) in [5, 5.41) is 13.0. The zero-order valence-corrected chi connectivity index (χ0v) is 17.9. The number of aromatic nitrogens is 1. The molecule has 1 aromatic carbocycles. The second kappa shape index (κ2) is 9.78. The summed E-state index contributed by atoms with van der Waals surface area (Å²) in [6, 6.07) is 4.59. The number of rotatable bonds is 9. The summed E-state index contributed by atoms with van der Waals surface area (Å²) in [5.41, 5.74) is -0.382. The molecule has 1 unspecified atom stereocenters. The quantitative estimate of drug-likeness (QED) is 0.557. The van der Waals surface area contributed by atoms with Gasteiger partial charge < -0.3 is 24.9 Å². The molecule has 1 heterocycles. The number of hydrogen-bond acceptors (Lipinski definition) is 5. The molecule has 0 aliphatic rings. The van der Waals surface area contributed by atoms with Gasteiger partial charge in [0.15, 0.2) is 11.5 Å². The highest BCUT2D eigenvalue weighted by atomic mass is 16.5. The first-order valence-electron chi connectivity index (χ1n) is 10.0. The lowest BCUT2D eigenvalue weighted by Gasteiger charge is -2.29. The highest BCUT2D eigenvalue weighted by molar-refractivity contribution is 5.98. The molecule has 0 bridgehead atoms. The van der Waals surface area contributed by atoms with Crippen molar-refractivity contribution < 1.29 is 19.4 Å². The van der Waals surface area contributed by atoms with E-state index in [9.17, 15) is 14.7 Å². The van der Waals surface area contributed by atoms with Crippen LogP contribution in [0, 0.1) is 5.41 Å². The molecule has 0 spiro atoms. The van der Waals surface area contributed by atoms with Crippen LogP contribution in [-0.4, -0.2) is 42.4 Å². The summed E-state index contributed by atoms with van der Waals surface area (Å²) in [5.74, 6) is 0.464. The van der Waals surface area contributed by atoms with Crippen molar-refractivity contribution in [2.45, 2.75) is 53.0 Å². The number of carbonyl (C=O) groups is 1. The number of aromatic amines is 1. The first-order chi connectivity index (χ1) is 13.7. The number of hydrogen-bond donors (Lipinski definition) is 3. The van der Waals surface area contributed by atoms with E-state index in [1.807, 2.05) is 20.8 Å². The van der Waals surface area contributed by atoms with Crippen molar-refractivity contribution in [2.24, 2.45) is 5.41 Å². The molecule has 160 valence electrons. The van der Waals surface area contributed by atoms with E-state index in [1.54, 1.807) is 25.3 Å². The van der Waals surface area contributed by atoms with Crippen LogP contribution in [0.4, 0.5) is 0 Å². The lowest BCUT2D eigenvalue weighted by molar-refractivity contribution is 0.0846. The molecular weight excluding hydrogens is 372 g/mol. The Morgan fingerprint density at radius 2 is 2.00 bits per heavy atom. The molecule has 0 radical (unpaired) electrons. The Morgan fingerprint density at radius 1 is 1.28 bits per heavy atom. The third kappa shape index (κ3) is 5.50. The predicted octanol–water partition coefficient (Wildman–Crippen LogP) is 3.24. The summed E-state index contributed by atoms with van der Waals surface area (Å²) in [7, 11) is 1.54. The molecule has 0 aliphatic heterocycles. The molecule has 7 nitrogen and oxygen atoms in total. The van der Waals surface area contributed by atoms with E-state index in [0.29, 0.717) is 29.0 Å². The van der Waals surface area contributed by atoms with Gasteiger partial charge in [-0.15, -0.1) is 0 Å². The Hall–Kier alpha value is -2.54. The Labute approximate surface area is 171 Å². The van der Waals surface area contributed by atoms with E-state index in [0.717, 1.165) is 19.3 Å². The molecule has 0 aliphatic carbocycles. The fraction of sp³-hybridized carbons (Fsp3) is 0.545. The van der Waals surface area contributed by atoms with E-state index in [2.05, 4.69) is 17.2 Å². The van der Waals surface area contributed by atoms with Gasteiger partial charge in [0.1, 0.15) is 5.56 Å². The zero-order chi connectivity index (χ0) is 21.6. The molecule has 1 aromatic heterocycles.